The van der Waals surface area contributed by atoms with Gasteiger partial charge in [0.1, 0.15) is 11.5 Å². The smallest absolute Gasteiger partial charge is 0.275 e. The van der Waals surface area contributed by atoms with E-state index in [0.717, 1.165) is 0 Å². The van der Waals surface area contributed by atoms with Crippen molar-refractivity contribution >= 4 is 39.0 Å². The molecule has 0 aliphatic heterocycles. The molecule has 2 rings (SSSR count). The molecule has 0 saturated carbocycles. The summed E-state index contributed by atoms with van der Waals surface area (Å²) in [6.45, 7) is 0. The number of rotatable bonds is 3. The number of nitrogens with two attached hydrogens (primary N) is 2. The summed E-state index contributed by atoms with van der Waals surface area (Å²) in [5.74, 6) is -0.398. The van der Waals surface area contributed by atoms with Crippen LogP contribution in [0.5, 0.6) is 0 Å². The van der Waals surface area contributed by atoms with Crippen LogP contribution in [-0.4, -0.2) is 19.3 Å². The number of sulfonamides is 1. The molecule has 1 aromatic heterocycles. The monoisotopic (exact) mass is 326 g/mol. The minimum atomic E-state index is -3.78. The predicted molar refractivity (Wildman–Crippen MR) is 79.4 cm³/mol. The van der Waals surface area contributed by atoms with Crippen molar-refractivity contribution in [3.63, 3.8) is 0 Å². The number of benzene rings is 1. The van der Waals surface area contributed by atoms with E-state index in [4.69, 9.17) is 22.5 Å². The molecule has 0 unspecified atom stereocenters. The number of hydrogen-bond donors (Lipinski definition) is 3. The van der Waals surface area contributed by atoms with Gasteiger partial charge < -0.3 is 11.1 Å². The Bertz CT molecular complexity index is 791. The normalized spacial score (nSPS) is 11.1. The van der Waals surface area contributed by atoms with Crippen molar-refractivity contribution in [3.8, 4) is 0 Å². The van der Waals surface area contributed by atoms with Crippen LogP contribution >= 0.6 is 11.6 Å². The third-order valence-corrected chi connectivity index (χ3v) is 3.76. The molecule has 0 saturated heterocycles. The van der Waals surface area contributed by atoms with Gasteiger partial charge in [0.15, 0.2) is 0 Å². The van der Waals surface area contributed by atoms with Gasteiger partial charge in [-0.25, -0.2) is 18.5 Å². The second-order valence-corrected chi connectivity index (χ2v) is 6.06. The Morgan fingerprint density at radius 1 is 1.14 bits per heavy atom. The number of nitrogen functional groups attached to an aromatic ring is 1. The molecule has 7 nitrogen and oxygen atoms in total. The minimum Gasteiger partial charge on any atom is -0.384 e. The Kier molecular flexibility index (Phi) is 4.12. The molecule has 110 valence electrons. The third kappa shape index (κ3) is 3.69. The van der Waals surface area contributed by atoms with Gasteiger partial charge in [-0.15, -0.1) is 0 Å². The minimum absolute atomic E-state index is 0.0211. The number of halogens is 1. The summed E-state index contributed by atoms with van der Waals surface area (Å²) in [5, 5.41) is 7.66. The summed E-state index contributed by atoms with van der Waals surface area (Å²) < 4.78 is 22.2. The molecule has 0 aliphatic rings. The van der Waals surface area contributed by atoms with Gasteiger partial charge >= 0.3 is 0 Å². The quantitative estimate of drug-likeness (QED) is 0.781. The fraction of sp³-hybridized carbons (Fsp3) is 0. The number of amides is 1. The zero-order valence-electron chi connectivity index (χ0n) is 10.6. The van der Waals surface area contributed by atoms with Gasteiger partial charge in [0.2, 0.25) is 10.0 Å². The lowest BCUT2D eigenvalue weighted by Crippen LogP contribution is -2.15. The summed E-state index contributed by atoms with van der Waals surface area (Å²) in [5.41, 5.74) is 5.84. The Hall–Kier alpha value is -2.16. The van der Waals surface area contributed by atoms with Crippen LogP contribution in [0.2, 0.25) is 5.02 Å². The van der Waals surface area contributed by atoms with E-state index in [9.17, 15) is 13.2 Å². The SMILES string of the molecule is Nc1ccc(Cl)c(C(=O)Nc2ccc(S(N)(=O)=O)cc2)n1. The number of pyridine rings is 1. The molecule has 0 bridgehead atoms. The molecule has 1 amide bonds. The summed E-state index contributed by atoms with van der Waals surface area (Å²) in [4.78, 5) is 15.8. The largest absolute Gasteiger partial charge is 0.384 e. The van der Waals surface area contributed by atoms with E-state index in [1.165, 1.54) is 36.4 Å². The molecule has 0 spiro atoms. The lowest BCUT2D eigenvalue weighted by atomic mass is 10.3. The van der Waals surface area contributed by atoms with Gasteiger partial charge in [0, 0.05) is 5.69 Å². The first-order chi connectivity index (χ1) is 9.77. The highest BCUT2D eigenvalue weighted by molar-refractivity contribution is 7.89. The molecule has 1 aromatic carbocycles. The molecule has 2 aromatic rings. The van der Waals surface area contributed by atoms with Crippen molar-refractivity contribution in [3.05, 3.63) is 47.1 Å². The Morgan fingerprint density at radius 2 is 1.76 bits per heavy atom. The maximum absolute atomic E-state index is 12.0. The van der Waals surface area contributed by atoms with Crippen LogP contribution in [0.15, 0.2) is 41.3 Å². The van der Waals surface area contributed by atoms with Gasteiger partial charge in [-0.3, -0.25) is 4.79 Å². The van der Waals surface area contributed by atoms with E-state index in [2.05, 4.69) is 10.3 Å². The van der Waals surface area contributed by atoms with Crippen molar-refractivity contribution < 1.29 is 13.2 Å². The average molecular weight is 327 g/mol. The summed E-state index contributed by atoms with van der Waals surface area (Å²) in [7, 11) is -3.78. The molecular formula is C12H11ClN4O3S. The number of carbonyl (C=O) groups is 1. The first-order valence-corrected chi connectivity index (χ1v) is 7.56. The highest BCUT2D eigenvalue weighted by Gasteiger charge is 2.13. The predicted octanol–water partition coefficient (Wildman–Crippen LogP) is 1.22. The first kappa shape index (κ1) is 15.2. The molecule has 21 heavy (non-hydrogen) atoms. The highest BCUT2D eigenvalue weighted by atomic mass is 35.5. The molecular weight excluding hydrogens is 316 g/mol. The molecule has 1 heterocycles. The molecule has 0 radical (unpaired) electrons. The maximum atomic E-state index is 12.0. The first-order valence-electron chi connectivity index (χ1n) is 5.63. The van der Waals surface area contributed by atoms with Crippen molar-refractivity contribution in [2.75, 3.05) is 11.1 Å². The molecule has 0 aliphatic carbocycles. The second-order valence-electron chi connectivity index (χ2n) is 4.09. The van der Waals surface area contributed by atoms with Crippen molar-refractivity contribution in [1.29, 1.82) is 0 Å². The molecule has 5 N–H and O–H groups in total. The van der Waals surface area contributed by atoms with Crippen molar-refractivity contribution in [2.45, 2.75) is 4.90 Å². The Balaban J connectivity index is 2.22. The van der Waals surface area contributed by atoms with Gasteiger partial charge in [0.25, 0.3) is 5.91 Å². The zero-order chi connectivity index (χ0) is 15.6. The molecule has 0 fully saturated rings. The lowest BCUT2D eigenvalue weighted by Gasteiger charge is -2.07. The van der Waals surface area contributed by atoms with Gasteiger partial charge in [0.05, 0.1) is 9.92 Å². The van der Waals surface area contributed by atoms with Crippen LogP contribution < -0.4 is 16.2 Å². The Labute approximate surface area is 126 Å². The molecule has 0 atom stereocenters. The van der Waals surface area contributed by atoms with Crippen molar-refractivity contribution in [1.82, 2.24) is 4.98 Å². The van der Waals surface area contributed by atoms with E-state index < -0.39 is 15.9 Å². The number of aromatic nitrogens is 1. The number of nitrogens with one attached hydrogen (secondary N) is 1. The fourth-order valence-electron chi connectivity index (χ4n) is 1.53. The van der Waals surface area contributed by atoms with Gasteiger partial charge in [-0.1, -0.05) is 11.6 Å². The number of nitrogens with zero attached hydrogens (tertiary/aromatic N) is 1. The number of carbonyl (C=O) groups excluding carboxylic acids is 1. The van der Waals surface area contributed by atoms with Crippen molar-refractivity contribution in [2.24, 2.45) is 5.14 Å². The summed E-state index contributed by atoms with van der Waals surface area (Å²) in [6.07, 6.45) is 0. The molecule has 9 heteroatoms. The lowest BCUT2D eigenvalue weighted by molar-refractivity contribution is 0.102. The van der Waals surface area contributed by atoms with Gasteiger partial charge in [-0.05, 0) is 36.4 Å². The standard InChI is InChI=1S/C12H11ClN4O3S/c13-9-5-6-10(14)17-11(9)12(18)16-7-1-3-8(4-2-7)21(15,19)20/h1-6H,(H2,14,17)(H,16,18)(H2,15,19,20). The van der Waals surface area contributed by atoms with Gasteiger partial charge in [-0.2, -0.15) is 0 Å². The number of hydrogen-bond acceptors (Lipinski definition) is 5. The van der Waals surface area contributed by atoms with Crippen LogP contribution in [0.25, 0.3) is 0 Å². The van der Waals surface area contributed by atoms with Crippen LogP contribution in [0.3, 0.4) is 0 Å². The van der Waals surface area contributed by atoms with E-state index >= 15 is 0 Å². The van der Waals surface area contributed by atoms with E-state index in [0.29, 0.717) is 5.69 Å². The van der Waals surface area contributed by atoms with E-state index in [1.807, 2.05) is 0 Å². The summed E-state index contributed by atoms with van der Waals surface area (Å²) >= 11 is 5.87. The average Bonchev–Trinajstić information content (AvgIpc) is 2.41. The summed E-state index contributed by atoms with van der Waals surface area (Å²) in [6, 6.07) is 8.29. The van der Waals surface area contributed by atoms with Crippen LogP contribution in [0, 0.1) is 0 Å². The van der Waals surface area contributed by atoms with Crippen LogP contribution in [-0.2, 0) is 10.0 Å². The maximum Gasteiger partial charge on any atom is 0.275 e. The van der Waals surface area contributed by atoms with E-state index in [1.54, 1.807) is 0 Å². The topological polar surface area (TPSA) is 128 Å². The fourth-order valence-corrected chi connectivity index (χ4v) is 2.24. The number of primary sulfonamides is 1. The third-order valence-electron chi connectivity index (χ3n) is 2.52. The second kappa shape index (κ2) is 5.68. The zero-order valence-corrected chi connectivity index (χ0v) is 12.1. The van der Waals surface area contributed by atoms with E-state index in [-0.39, 0.29) is 21.4 Å². The highest BCUT2D eigenvalue weighted by Crippen LogP contribution is 2.18. The Morgan fingerprint density at radius 3 is 2.33 bits per heavy atom. The van der Waals surface area contributed by atoms with Crippen LogP contribution in [0.1, 0.15) is 10.5 Å². The number of anilines is 2. The van der Waals surface area contributed by atoms with Crippen LogP contribution in [0.4, 0.5) is 11.5 Å².